The van der Waals surface area contributed by atoms with Gasteiger partial charge in [-0.05, 0) is 37.3 Å². The van der Waals surface area contributed by atoms with E-state index < -0.39 is 17.9 Å². The molecule has 1 saturated carbocycles. The molecule has 2 aromatic rings. The van der Waals surface area contributed by atoms with Crippen molar-refractivity contribution in [2.24, 2.45) is 5.92 Å². The van der Waals surface area contributed by atoms with Crippen LogP contribution in [0, 0.1) is 5.92 Å². The van der Waals surface area contributed by atoms with Gasteiger partial charge < -0.3 is 25.6 Å². The van der Waals surface area contributed by atoms with Crippen LogP contribution < -0.4 is 16.0 Å². The number of benzene rings is 1. The first-order valence-electron chi connectivity index (χ1n) is 11.0. The van der Waals surface area contributed by atoms with Gasteiger partial charge in [-0.3, -0.25) is 4.79 Å². The normalized spacial score (nSPS) is 15.2. The third kappa shape index (κ3) is 6.57. The lowest BCUT2D eigenvalue weighted by Crippen LogP contribution is -2.41. The Balaban J connectivity index is 1.57. The van der Waals surface area contributed by atoms with Gasteiger partial charge in [0.25, 0.3) is 5.91 Å². The number of amides is 3. The zero-order valence-corrected chi connectivity index (χ0v) is 18.4. The second kappa shape index (κ2) is 10.8. The van der Waals surface area contributed by atoms with E-state index in [0.717, 1.165) is 25.7 Å². The summed E-state index contributed by atoms with van der Waals surface area (Å²) >= 11 is 0. The molecule has 1 aromatic heterocycles. The van der Waals surface area contributed by atoms with Gasteiger partial charge in [-0.2, -0.15) is 0 Å². The highest BCUT2D eigenvalue weighted by atomic mass is 16.5. The van der Waals surface area contributed by atoms with Crippen molar-refractivity contribution < 1.29 is 24.0 Å². The van der Waals surface area contributed by atoms with E-state index in [4.69, 9.17) is 4.52 Å². The van der Waals surface area contributed by atoms with Crippen LogP contribution in [0.25, 0.3) is 11.3 Å². The van der Waals surface area contributed by atoms with Gasteiger partial charge in [-0.1, -0.05) is 50.4 Å². The molecule has 4 N–H and O–H groups in total. The van der Waals surface area contributed by atoms with Crippen molar-refractivity contribution in [3.63, 3.8) is 0 Å². The lowest BCUT2D eigenvalue weighted by molar-refractivity contribution is -0.139. The first-order valence-corrected chi connectivity index (χ1v) is 11.0. The Morgan fingerprint density at radius 2 is 1.81 bits per heavy atom. The van der Waals surface area contributed by atoms with Gasteiger partial charge in [0.2, 0.25) is 5.76 Å². The number of aliphatic carboxylic acids is 1. The van der Waals surface area contributed by atoms with Gasteiger partial charge in [0.05, 0.1) is 0 Å². The highest BCUT2D eigenvalue weighted by Gasteiger charge is 2.24. The van der Waals surface area contributed by atoms with Gasteiger partial charge >= 0.3 is 12.0 Å². The highest BCUT2D eigenvalue weighted by molar-refractivity contribution is 5.95. The molecule has 172 valence electrons. The summed E-state index contributed by atoms with van der Waals surface area (Å²) in [6.07, 6.45) is 5.85. The smallest absolute Gasteiger partial charge is 0.326 e. The minimum absolute atomic E-state index is 0.0657. The number of carbonyl (C=O) groups excluding carboxylic acids is 2. The molecule has 0 spiro atoms. The van der Waals surface area contributed by atoms with Crippen LogP contribution in [0.2, 0.25) is 0 Å². The maximum absolute atomic E-state index is 12.4. The van der Waals surface area contributed by atoms with E-state index in [1.54, 1.807) is 24.3 Å². The van der Waals surface area contributed by atoms with Gasteiger partial charge in [-0.25, -0.2) is 9.59 Å². The lowest BCUT2D eigenvalue weighted by atomic mass is 9.96. The Morgan fingerprint density at radius 3 is 2.44 bits per heavy atom. The zero-order valence-electron chi connectivity index (χ0n) is 18.4. The van der Waals surface area contributed by atoms with Crippen LogP contribution >= 0.6 is 0 Å². The zero-order chi connectivity index (χ0) is 23.1. The van der Waals surface area contributed by atoms with Crippen molar-refractivity contribution in [3.8, 4) is 11.3 Å². The molecule has 0 radical (unpaired) electrons. The Labute approximate surface area is 186 Å². The van der Waals surface area contributed by atoms with Crippen LogP contribution in [-0.2, 0) is 4.79 Å². The molecule has 1 unspecified atom stereocenters. The molecule has 0 bridgehead atoms. The molecule has 1 aliphatic rings. The number of hydrogen-bond donors (Lipinski definition) is 4. The Bertz CT molecular complexity index is 932. The monoisotopic (exact) mass is 442 g/mol. The van der Waals surface area contributed by atoms with Crippen molar-refractivity contribution >= 4 is 23.6 Å². The topological polar surface area (TPSA) is 134 Å². The van der Waals surface area contributed by atoms with E-state index in [-0.39, 0.29) is 23.8 Å². The minimum Gasteiger partial charge on any atom is -0.480 e. The SMILES string of the molecule is CC(C)CC(NC(=O)c1cc(-c2ccc(NC(=O)NC3CCCCC3)cc2)no1)C(=O)O. The molecule has 3 rings (SSSR count). The average molecular weight is 443 g/mol. The third-order valence-corrected chi connectivity index (χ3v) is 5.42. The fourth-order valence-electron chi connectivity index (χ4n) is 3.76. The molecule has 32 heavy (non-hydrogen) atoms. The fourth-order valence-corrected chi connectivity index (χ4v) is 3.76. The van der Waals surface area contributed by atoms with Crippen molar-refractivity contribution in [1.29, 1.82) is 0 Å². The van der Waals surface area contributed by atoms with Crippen LogP contribution in [0.1, 0.15) is 62.9 Å². The van der Waals surface area contributed by atoms with Crippen LogP contribution in [-0.4, -0.2) is 40.3 Å². The largest absolute Gasteiger partial charge is 0.480 e. The lowest BCUT2D eigenvalue weighted by Gasteiger charge is -2.22. The predicted octanol–water partition coefficient (Wildman–Crippen LogP) is 4.02. The van der Waals surface area contributed by atoms with E-state index in [2.05, 4.69) is 21.1 Å². The third-order valence-electron chi connectivity index (χ3n) is 5.42. The van der Waals surface area contributed by atoms with Crippen LogP contribution in [0.5, 0.6) is 0 Å². The number of anilines is 1. The van der Waals surface area contributed by atoms with E-state index in [1.807, 2.05) is 13.8 Å². The predicted molar refractivity (Wildman–Crippen MR) is 119 cm³/mol. The number of carbonyl (C=O) groups is 3. The maximum Gasteiger partial charge on any atom is 0.326 e. The molecule has 1 aliphatic carbocycles. The maximum atomic E-state index is 12.4. The molecule has 1 fully saturated rings. The number of carboxylic acid groups (broad SMARTS) is 1. The molecular formula is C23H30N4O5. The summed E-state index contributed by atoms with van der Waals surface area (Å²) in [5.74, 6) is -1.68. The van der Waals surface area contributed by atoms with Crippen molar-refractivity contribution in [2.75, 3.05) is 5.32 Å². The molecule has 0 aliphatic heterocycles. The van der Waals surface area contributed by atoms with Gasteiger partial charge in [-0.15, -0.1) is 0 Å². The van der Waals surface area contributed by atoms with E-state index in [0.29, 0.717) is 23.4 Å². The fraction of sp³-hybridized carbons (Fsp3) is 0.478. The summed E-state index contributed by atoms with van der Waals surface area (Å²) in [5, 5.41) is 21.5. The molecule has 0 saturated heterocycles. The number of carboxylic acids is 1. The molecule has 1 aromatic carbocycles. The van der Waals surface area contributed by atoms with E-state index >= 15 is 0 Å². The van der Waals surface area contributed by atoms with Crippen molar-refractivity contribution in [1.82, 2.24) is 15.8 Å². The molecule has 1 atom stereocenters. The number of hydrogen-bond acceptors (Lipinski definition) is 5. The summed E-state index contributed by atoms with van der Waals surface area (Å²) in [5.41, 5.74) is 1.77. The second-order valence-corrected chi connectivity index (χ2v) is 8.58. The number of nitrogens with one attached hydrogen (secondary N) is 3. The van der Waals surface area contributed by atoms with E-state index in [1.165, 1.54) is 12.5 Å². The first-order chi connectivity index (χ1) is 15.3. The van der Waals surface area contributed by atoms with Crippen LogP contribution in [0.3, 0.4) is 0 Å². The molecule has 9 heteroatoms. The molecule has 3 amide bonds. The highest BCUT2D eigenvalue weighted by Crippen LogP contribution is 2.22. The second-order valence-electron chi connectivity index (χ2n) is 8.58. The summed E-state index contributed by atoms with van der Waals surface area (Å²) < 4.78 is 5.11. The van der Waals surface area contributed by atoms with Crippen molar-refractivity contribution in [3.05, 3.63) is 36.1 Å². The number of urea groups is 1. The average Bonchev–Trinajstić information content (AvgIpc) is 3.24. The summed E-state index contributed by atoms with van der Waals surface area (Å²) in [4.78, 5) is 35.9. The van der Waals surface area contributed by atoms with Crippen molar-refractivity contribution in [2.45, 2.75) is 64.5 Å². The molecule has 1 heterocycles. The Hall–Kier alpha value is -3.36. The van der Waals surface area contributed by atoms with Gasteiger partial charge in [0, 0.05) is 23.4 Å². The first kappa shape index (κ1) is 23.3. The summed E-state index contributed by atoms with van der Waals surface area (Å²) in [7, 11) is 0. The number of aromatic nitrogens is 1. The number of rotatable bonds is 8. The van der Waals surface area contributed by atoms with E-state index in [9.17, 15) is 19.5 Å². The van der Waals surface area contributed by atoms with Gasteiger partial charge in [0.15, 0.2) is 0 Å². The molecular weight excluding hydrogens is 412 g/mol. The minimum atomic E-state index is -1.09. The standard InChI is InChI=1S/C23H30N4O5/c1-14(2)12-19(22(29)30)26-21(28)20-13-18(27-32-20)15-8-10-17(11-9-15)25-23(31)24-16-6-4-3-5-7-16/h8-11,13-14,16,19H,3-7,12H2,1-2H3,(H,26,28)(H,29,30)(H2,24,25,31). The quantitative estimate of drug-likeness (QED) is 0.488. The Morgan fingerprint density at radius 1 is 1.12 bits per heavy atom. The van der Waals surface area contributed by atoms with Crippen LogP contribution in [0.4, 0.5) is 10.5 Å². The molecule has 9 nitrogen and oxygen atoms in total. The van der Waals surface area contributed by atoms with Crippen LogP contribution in [0.15, 0.2) is 34.9 Å². The Kier molecular flexibility index (Phi) is 7.86. The van der Waals surface area contributed by atoms with Gasteiger partial charge in [0.1, 0.15) is 11.7 Å². The summed E-state index contributed by atoms with van der Waals surface area (Å²) in [6.45, 7) is 3.76. The number of nitrogens with zero attached hydrogens (tertiary/aromatic N) is 1. The summed E-state index contributed by atoms with van der Waals surface area (Å²) in [6, 6.07) is 7.47.